The summed E-state index contributed by atoms with van der Waals surface area (Å²) in [4.78, 5) is 0. The molecule has 2 heterocycles. The Morgan fingerprint density at radius 1 is 1.33 bits per heavy atom. The van der Waals surface area contributed by atoms with E-state index in [4.69, 9.17) is 14.2 Å². The van der Waals surface area contributed by atoms with E-state index >= 15 is 0 Å². The van der Waals surface area contributed by atoms with Gasteiger partial charge in [0.15, 0.2) is 5.79 Å². The fourth-order valence-electron chi connectivity index (χ4n) is 1.38. The summed E-state index contributed by atoms with van der Waals surface area (Å²) in [6, 6.07) is 0. The normalized spacial score (nSPS) is 41.2. The lowest BCUT2D eigenvalue weighted by molar-refractivity contribution is -0.152. The molecule has 0 aliphatic carbocycles. The first-order valence-corrected chi connectivity index (χ1v) is 4.20. The van der Waals surface area contributed by atoms with Crippen molar-refractivity contribution in [3.63, 3.8) is 0 Å². The number of aliphatic hydroxyl groups excluding tert-OH is 1. The maximum Gasteiger partial charge on any atom is 0.163 e. The van der Waals surface area contributed by atoms with Gasteiger partial charge in [-0.3, -0.25) is 0 Å². The van der Waals surface area contributed by atoms with E-state index < -0.39 is 11.9 Å². The van der Waals surface area contributed by atoms with Gasteiger partial charge >= 0.3 is 0 Å². The van der Waals surface area contributed by atoms with E-state index in [9.17, 15) is 5.11 Å². The second kappa shape index (κ2) is 2.67. The number of epoxide rings is 1. The average Bonchev–Trinajstić information content (AvgIpc) is 2.75. The van der Waals surface area contributed by atoms with E-state index in [-0.39, 0.29) is 12.2 Å². The summed E-state index contributed by atoms with van der Waals surface area (Å²) in [5, 5.41) is 9.59. The maximum atomic E-state index is 9.59. The highest BCUT2D eigenvalue weighted by Crippen LogP contribution is 2.28. The highest BCUT2D eigenvalue weighted by Gasteiger charge is 2.43. The Morgan fingerprint density at radius 2 is 2.00 bits per heavy atom. The Morgan fingerprint density at radius 3 is 2.42 bits per heavy atom. The summed E-state index contributed by atoms with van der Waals surface area (Å²) in [5.74, 6) is -0.555. The van der Waals surface area contributed by atoms with Gasteiger partial charge in [0.1, 0.15) is 18.3 Å². The third kappa shape index (κ3) is 1.61. The first-order chi connectivity index (χ1) is 5.58. The zero-order chi connectivity index (χ0) is 8.77. The minimum Gasteiger partial charge on any atom is -0.388 e. The van der Waals surface area contributed by atoms with Gasteiger partial charge in [-0.15, -0.1) is 0 Å². The molecular formula is C8H14O4. The van der Waals surface area contributed by atoms with Gasteiger partial charge in [0.2, 0.25) is 0 Å². The minimum absolute atomic E-state index is 0.0347. The molecule has 70 valence electrons. The molecule has 3 atom stereocenters. The molecule has 0 unspecified atom stereocenters. The second-order valence-corrected chi connectivity index (χ2v) is 3.73. The molecule has 2 aliphatic rings. The van der Waals surface area contributed by atoms with E-state index in [0.29, 0.717) is 13.2 Å². The van der Waals surface area contributed by atoms with E-state index in [0.717, 1.165) is 0 Å². The average molecular weight is 174 g/mol. The van der Waals surface area contributed by atoms with Gasteiger partial charge in [-0.25, -0.2) is 0 Å². The predicted octanol–water partition coefficient (Wildman–Crippen LogP) is -0.102. The molecule has 0 saturated carbocycles. The maximum absolute atomic E-state index is 9.59. The van der Waals surface area contributed by atoms with Crippen molar-refractivity contribution in [1.29, 1.82) is 0 Å². The third-order valence-electron chi connectivity index (χ3n) is 2.15. The molecule has 12 heavy (non-hydrogen) atoms. The van der Waals surface area contributed by atoms with Crippen LogP contribution in [0.4, 0.5) is 0 Å². The van der Waals surface area contributed by atoms with E-state index in [1.807, 2.05) is 13.8 Å². The van der Waals surface area contributed by atoms with E-state index in [2.05, 4.69) is 0 Å². The molecule has 4 heteroatoms. The van der Waals surface area contributed by atoms with Gasteiger partial charge in [0.25, 0.3) is 0 Å². The second-order valence-electron chi connectivity index (χ2n) is 3.73. The van der Waals surface area contributed by atoms with Crippen molar-refractivity contribution in [3.8, 4) is 0 Å². The Kier molecular flexibility index (Phi) is 1.88. The topological polar surface area (TPSA) is 51.2 Å². The fourth-order valence-corrected chi connectivity index (χ4v) is 1.38. The van der Waals surface area contributed by atoms with Crippen molar-refractivity contribution in [1.82, 2.24) is 0 Å². The molecule has 2 rings (SSSR count). The van der Waals surface area contributed by atoms with Crippen LogP contribution in [0, 0.1) is 0 Å². The van der Waals surface area contributed by atoms with Crippen molar-refractivity contribution in [2.24, 2.45) is 0 Å². The van der Waals surface area contributed by atoms with Crippen LogP contribution < -0.4 is 0 Å². The molecule has 2 fully saturated rings. The van der Waals surface area contributed by atoms with Gasteiger partial charge in [-0.1, -0.05) is 0 Å². The molecule has 0 bridgehead atoms. The van der Waals surface area contributed by atoms with Crippen molar-refractivity contribution >= 4 is 0 Å². The number of hydrogen-bond acceptors (Lipinski definition) is 4. The van der Waals surface area contributed by atoms with Gasteiger partial charge < -0.3 is 19.3 Å². The quantitative estimate of drug-likeness (QED) is 0.594. The lowest BCUT2D eigenvalue weighted by Crippen LogP contribution is -2.34. The number of hydrogen-bond donors (Lipinski definition) is 1. The van der Waals surface area contributed by atoms with Crippen molar-refractivity contribution in [3.05, 3.63) is 0 Å². The Balaban J connectivity index is 1.89. The smallest absolute Gasteiger partial charge is 0.163 e. The van der Waals surface area contributed by atoms with Gasteiger partial charge in [-0.2, -0.15) is 0 Å². The van der Waals surface area contributed by atoms with Crippen LogP contribution >= 0.6 is 0 Å². The lowest BCUT2D eigenvalue weighted by atomic mass is 10.1. The van der Waals surface area contributed by atoms with Crippen LogP contribution in [0.5, 0.6) is 0 Å². The largest absolute Gasteiger partial charge is 0.388 e. The molecule has 2 saturated heterocycles. The van der Waals surface area contributed by atoms with E-state index in [1.165, 1.54) is 0 Å². The van der Waals surface area contributed by atoms with Crippen molar-refractivity contribution in [2.45, 2.75) is 37.9 Å². The Labute approximate surface area is 71.4 Å². The highest BCUT2D eigenvalue weighted by molar-refractivity contribution is 4.88. The van der Waals surface area contributed by atoms with Crippen LogP contribution in [0.3, 0.4) is 0 Å². The number of rotatable bonds is 2. The summed E-state index contributed by atoms with van der Waals surface area (Å²) >= 11 is 0. The lowest BCUT2D eigenvalue weighted by Gasteiger charge is -2.19. The van der Waals surface area contributed by atoms with Crippen LogP contribution in [0.15, 0.2) is 0 Å². The molecule has 1 N–H and O–H groups in total. The fraction of sp³-hybridized carbons (Fsp3) is 1.00. The van der Waals surface area contributed by atoms with Crippen molar-refractivity contribution < 1.29 is 19.3 Å². The molecule has 0 amide bonds. The van der Waals surface area contributed by atoms with Gasteiger partial charge in [-0.05, 0) is 13.8 Å². The monoisotopic (exact) mass is 174 g/mol. The van der Waals surface area contributed by atoms with Gasteiger partial charge in [0, 0.05) is 0 Å². The van der Waals surface area contributed by atoms with E-state index in [1.54, 1.807) is 0 Å². The molecule has 0 radical (unpaired) electrons. The predicted molar refractivity (Wildman–Crippen MR) is 40.7 cm³/mol. The molecule has 0 spiro atoms. The van der Waals surface area contributed by atoms with Crippen LogP contribution in [0.25, 0.3) is 0 Å². The Bertz CT molecular complexity index is 176. The zero-order valence-corrected chi connectivity index (χ0v) is 7.32. The van der Waals surface area contributed by atoms with Crippen LogP contribution in [-0.4, -0.2) is 42.4 Å². The molecule has 4 nitrogen and oxygen atoms in total. The standard InChI is InChI=1S/C8H14O4/c1-8(2)11-4-6(12-8)7(9)5-3-10-5/h5-7,9H,3-4H2,1-2H3/t5-,6+,7-/m0/s1. The first kappa shape index (κ1) is 8.44. The zero-order valence-electron chi connectivity index (χ0n) is 7.32. The third-order valence-corrected chi connectivity index (χ3v) is 2.15. The minimum atomic E-state index is -0.555. The Hall–Kier alpha value is -0.160. The molecule has 0 aromatic carbocycles. The number of ether oxygens (including phenoxy) is 3. The summed E-state index contributed by atoms with van der Waals surface area (Å²) in [6.07, 6.45) is -0.799. The van der Waals surface area contributed by atoms with Crippen LogP contribution in [0.1, 0.15) is 13.8 Å². The van der Waals surface area contributed by atoms with Gasteiger partial charge in [0.05, 0.1) is 13.2 Å². The summed E-state index contributed by atoms with van der Waals surface area (Å²) in [6.45, 7) is 4.77. The van der Waals surface area contributed by atoms with Crippen LogP contribution in [0.2, 0.25) is 0 Å². The summed E-state index contributed by atoms with van der Waals surface area (Å²) < 4.78 is 15.7. The first-order valence-electron chi connectivity index (χ1n) is 4.20. The summed E-state index contributed by atoms with van der Waals surface area (Å²) in [5.41, 5.74) is 0. The highest BCUT2D eigenvalue weighted by atomic mass is 16.7. The SMILES string of the molecule is CC1(C)OC[C@H]([C@@H](O)[C@@H]2CO2)O1. The molecule has 2 aliphatic heterocycles. The number of aliphatic hydroxyl groups is 1. The molecule has 0 aromatic heterocycles. The molecular weight excluding hydrogens is 160 g/mol. The summed E-state index contributed by atoms with van der Waals surface area (Å²) in [7, 11) is 0. The van der Waals surface area contributed by atoms with Crippen LogP contribution in [-0.2, 0) is 14.2 Å². The molecule has 0 aromatic rings. The van der Waals surface area contributed by atoms with Crippen molar-refractivity contribution in [2.75, 3.05) is 13.2 Å².